The molecule has 0 aliphatic rings. The molecule has 98 valence electrons. The third kappa shape index (κ3) is 5.64. The Hall–Kier alpha value is -1.61. The Morgan fingerprint density at radius 3 is 2.50 bits per heavy atom. The van der Waals surface area contributed by atoms with Gasteiger partial charge in [-0.2, -0.15) is 0 Å². The highest BCUT2D eigenvalue weighted by atomic mass is 16.1. The fraction of sp³-hybridized carbons (Fsp3) is 0.400. The molecule has 0 heterocycles. The van der Waals surface area contributed by atoms with Crippen molar-refractivity contribution in [3.63, 3.8) is 0 Å². The second kappa shape index (κ2) is 7.67. The lowest BCUT2D eigenvalue weighted by Gasteiger charge is -2.06. The molecule has 1 aromatic carbocycles. The van der Waals surface area contributed by atoms with Crippen molar-refractivity contribution in [3.8, 4) is 0 Å². The summed E-state index contributed by atoms with van der Waals surface area (Å²) in [4.78, 5) is 11.2. The van der Waals surface area contributed by atoms with Crippen LogP contribution in [0.5, 0.6) is 0 Å². The molecule has 0 fully saturated rings. The number of carbonyl (C=O) groups excluding carboxylic acids is 1. The molecule has 0 unspecified atom stereocenters. The molecule has 0 atom stereocenters. The summed E-state index contributed by atoms with van der Waals surface area (Å²) in [7, 11) is 0. The maximum atomic E-state index is 11.2. The molecule has 0 aromatic heterocycles. The van der Waals surface area contributed by atoms with E-state index in [1.165, 1.54) is 11.1 Å². The van der Waals surface area contributed by atoms with Crippen LogP contribution in [-0.2, 0) is 11.3 Å². The average Bonchev–Trinajstić information content (AvgIpc) is 2.35. The van der Waals surface area contributed by atoms with E-state index in [-0.39, 0.29) is 5.91 Å². The van der Waals surface area contributed by atoms with Gasteiger partial charge in [0.15, 0.2) is 0 Å². The average molecular weight is 246 g/mol. The fourth-order valence-electron chi connectivity index (χ4n) is 1.50. The number of hydrogen-bond acceptors (Lipinski definition) is 2. The van der Waals surface area contributed by atoms with E-state index >= 15 is 0 Å². The summed E-state index contributed by atoms with van der Waals surface area (Å²) in [6.07, 6.45) is 0.922. The molecule has 1 amide bonds. The van der Waals surface area contributed by atoms with Gasteiger partial charge in [0.25, 0.3) is 0 Å². The number of benzene rings is 1. The van der Waals surface area contributed by atoms with Gasteiger partial charge in [0.05, 0.1) is 0 Å². The van der Waals surface area contributed by atoms with Crippen LogP contribution in [0.3, 0.4) is 0 Å². The number of nitrogens with one attached hydrogen (secondary N) is 2. The number of rotatable bonds is 7. The molecule has 3 heteroatoms. The summed E-state index contributed by atoms with van der Waals surface area (Å²) >= 11 is 0. The molecule has 18 heavy (non-hydrogen) atoms. The smallest absolute Gasteiger partial charge is 0.246 e. The van der Waals surface area contributed by atoms with E-state index in [0.717, 1.165) is 19.5 Å². The molecule has 0 saturated carbocycles. The summed E-state index contributed by atoms with van der Waals surface area (Å²) in [5, 5.41) is 6.16. The predicted octanol–water partition coefficient (Wildman–Crippen LogP) is 2.17. The molecule has 2 N–H and O–H groups in total. The van der Waals surface area contributed by atoms with E-state index < -0.39 is 0 Å². The van der Waals surface area contributed by atoms with Crippen molar-refractivity contribution >= 4 is 5.91 Å². The molecule has 0 saturated heterocycles. The van der Waals surface area contributed by atoms with Gasteiger partial charge in [-0.05, 0) is 32.4 Å². The first-order chi connectivity index (χ1) is 8.59. The quantitative estimate of drug-likeness (QED) is 0.572. The second-order valence-corrected chi connectivity index (χ2v) is 4.55. The van der Waals surface area contributed by atoms with E-state index in [1.807, 2.05) is 0 Å². The fourth-order valence-corrected chi connectivity index (χ4v) is 1.50. The topological polar surface area (TPSA) is 41.1 Å². The molecule has 1 rings (SSSR count). The van der Waals surface area contributed by atoms with Gasteiger partial charge in [-0.25, -0.2) is 0 Å². The summed E-state index contributed by atoms with van der Waals surface area (Å²) in [5.41, 5.74) is 3.12. The van der Waals surface area contributed by atoms with Crippen molar-refractivity contribution in [2.75, 3.05) is 13.1 Å². The first kappa shape index (κ1) is 14.5. The highest BCUT2D eigenvalue weighted by Crippen LogP contribution is 2.02. The highest BCUT2D eigenvalue weighted by molar-refractivity contribution is 5.91. The first-order valence-corrected chi connectivity index (χ1v) is 6.29. The van der Waals surface area contributed by atoms with E-state index in [9.17, 15) is 4.79 Å². The Morgan fingerprint density at radius 1 is 1.22 bits per heavy atom. The molecule has 0 aliphatic carbocycles. The normalized spacial score (nSPS) is 10.1. The van der Waals surface area contributed by atoms with Crippen molar-refractivity contribution in [1.82, 2.24) is 10.6 Å². The maximum Gasteiger partial charge on any atom is 0.246 e. The van der Waals surface area contributed by atoms with E-state index in [0.29, 0.717) is 12.1 Å². The first-order valence-electron chi connectivity index (χ1n) is 6.29. The summed E-state index contributed by atoms with van der Waals surface area (Å²) in [6, 6.07) is 8.49. The Bertz CT molecular complexity index is 395. The van der Waals surface area contributed by atoms with Crippen molar-refractivity contribution in [3.05, 3.63) is 47.5 Å². The van der Waals surface area contributed by atoms with E-state index in [1.54, 1.807) is 6.92 Å². The molecule has 3 nitrogen and oxygen atoms in total. The molecular weight excluding hydrogens is 224 g/mol. The van der Waals surface area contributed by atoms with Crippen LogP contribution in [0.2, 0.25) is 0 Å². The third-order valence-electron chi connectivity index (χ3n) is 2.65. The van der Waals surface area contributed by atoms with Crippen LogP contribution < -0.4 is 10.6 Å². The van der Waals surface area contributed by atoms with Gasteiger partial charge >= 0.3 is 0 Å². The van der Waals surface area contributed by atoms with Gasteiger partial charge in [-0.15, -0.1) is 0 Å². The minimum atomic E-state index is -0.0615. The lowest BCUT2D eigenvalue weighted by atomic mass is 10.1. The van der Waals surface area contributed by atoms with Gasteiger partial charge in [0.1, 0.15) is 0 Å². The number of aryl methyl sites for hydroxylation is 1. The zero-order valence-corrected chi connectivity index (χ0v) is 11.3. The minimum absolute atomic E-state index is 0.0615. The number of hydrogen-bond donors (Lipinski definition) is 2. The third-order valence-corrected chi connectivity index (χ3v) is 2.65. The molecule has 0 aliphatic heterocycles. The van der Waals surface area contributed by atoms with Gasteiger partial charge in [0.2, 0.25) is 5.91 Å². The zero-order chi connectivity index (χ0) is 13.4. The summed E-state index contributed by atoms with van der Waals surface area (Å²) < 4.78 is 0. The Morgan fingerprint density at radius 2 is 1.89 bits per heavy atom. The highest BCUT2D eigenvalue weighted by Gasteiger charge is 1.99. The minimum Gasteiger partial charge on any atom is -0.352 e. The molecule has 0 bridgehead atoms. The molecular formula is C15H22N2O. The lowest BCUT2D eigenvalue weighted by molar-refractivity contribution is -0.117. The van der Waals surface area contributed by atoms with Crippen LogP contribution >= 0.6 is 0 Å². The van der Waals surface area contributed by atoms with Crippen LogP contribution in [0.4, 0.5) is 0 Å². The van der Waals surface area contributed by atoms with Gasteiger partial charge in [0, 0.05) is 18.7 Å². The summed E-state index contributed by atoms with van der Waals surface area (Å²) in [6.45, 7) is 9.84. The van der Waals surface area contributed by atoms with E-state index in [2.05, 4.69) is 48.4 Å². The molecule has 0 radical (unpaired) electrons. The standard InChI is InChI=1S/C15H22N2O/c1-12(2)15(18)17-10-4-9-16-11-14-7-5-13(3)6-8-14/h5-8,16H,1,4,9-11H2,2-3H3,(H,17,18). The van der Waals surface area contributed by atoms with Gasteiger partial charge in [-0.3, -0.25) is 4.79 Å². The molecule has 0 spiro atoms. The monoisotopic (exact) mass is 246 g/mol. The predicted molar refractivity (Wildman–Crippen MR) is 75.3 cm³/mol. The van der Waals surface area contributed by atoms with Crippen molar-refractivity contribution < 1.29 is 4.79 Å². The van der Waals surface area contributed by atoms with Crippen LogP contribution in [0.15, 0.2) is 36.4 Å². The van der Waals surface area contributed by atoms with Crippen molar-refractivity contribution in [1.29, 1.82) is 0 Å². The zero-order valence-electron chi connectivity index (χ0n) is 11.3. The largest absolute Gasteiger partial charge is 0.352 e. The number of carbonyl (C=O) groups is 1. The maximum absolute atomic E-state index is 11.2. The van der Waals surface area contributed by atoms with Gasteiger partial charge in [-0.1, -0.05) is 36.4 Å². The molecule has 1 aromatic rings. The second-order valence-electron chi connectivity index (χ2n) is 4.55. The van der Waals surface area contributed by atoms with Crippen LogP contribution in [0, 0.1) is 6.92 Å². The van der Waals surface area contributed by atoms with Crippen molar-refractivity contribution in [2.24, 2.45) is 0 Å². The van der Waals surface area contributed by atoms with Crippen molar-refractivity contribution in [2.45, 2.75) is 26.8 Å². The Kier molecular flexibility index (Phi) is 6.15. The van der Waals surface area contributed by atoms with Crippen LogP contribution in [0.1, 0.15) is 24.5 Å². The lowest BCUT2D eigenvalue weighted by Crippen LogP contribution is -2.27. The summed E-state index contributed by atoms with van der Waals surface area (Å²) in [5.74, 6) is -0.0615. The Labute approximate surface area is 109 Å². The number of amides is 1. The SMILES string of the molecule is C=C(C)C(=O)NCCCNCc1ccc(C)cc1. The van der Waals surface area contributed by atoms with Gasteiger partial charge < -0.3 is 10.6 Å². The van der Waals surface area contributed by atoms with E-state index in [4.69, 9.17) is 0 Å². The Balaban J connectivity index is 2.07. The van der Waals surface area contributed by atoms with Crippen LogP contribution in [-0.4, -0.2) is 19.0 Å². The van der Waals surface area contributed by atoms with Crippen LogP contribution in [0.25, 0.3) is 0 Å².